The predicted octanol–water partition coefficient (Wildman–Crippen LogP) is 2.99. The molecule has 102 valence electrons. The van der Waals surface area contributed by atoms with Crippen LogP contribution in [-0.2, 0) is 6.42 Å². The number of H-pyrrole nitrogens is 1. The molecule has 3 rings (SSSR count). The highest BCUT2D eigenvalue weighted by molar-refractivity contribution is 7.17. The maximum absolute atomic E-state index is 12.2. The van der Waals surface area contributed by atoms with Gasteiger partial charge in [-0.3, -0.25) is 4.79 Å². The second-order valence-electron chi connectivity index (χ2n) is 4.54. The number of hydrogen-bond donors (Lipinski definition) is 2. The topological polar surface area (TPSA) is 57.8 Å². The Morgan fingerprint density at radius 1 is 1.35 bits per heavy atom. The van der Waals surface area contributed by atoms with Crippen molar-refractivity contribution < 1.29 is 4.79 Å². The third-order valence-corrected chi connectivity index (χ3v) is 4.12. The summed E-state index contributed by atoms with van der Waals surface area (Å²) in [5, 5.41) is 5.92. The van der Waals surface area contributed by atoms with Crippen LogP contribution in [0.3, 0.4) is 0 Å². The molecule has 0 saturated heterocycles. The Hall–Kier alpha value is -2.14. The second-order valence-corrected chi connectivity index (χ2v) is 5.45. The number of fused-ring (bicyclic) bond motifs is 1. The van der Waals surface area contributed by atoms with E-state index < -0.39 is 0 Å². The number of rotatable bonds is 5. The Labute approximate surface area is 120 Å². The van der Waals surface area contributed by atoms with E-state index in [1.165, 1.54) is 0 Å². The van der Waals surface area contributed by atoms with E-state index in [0.717, 1.165) is 34.3 Å². The van der Waals surface area contributed by atoms with Gasteiger partial charge in [-0.25, -0.2) is 4.98 Å². The van der Waals surface area contributed by atoms with Crippen LogP contribution in [0, 0.1) is 0 Å². The lowest BCUT2D eigenvalue weighted by Gasteiger charge is -2.03. The highest BCUT2D eigenvalue weighted by Gasteiger charge is 2.10. The Kier molecular flexibility index (Phi) is 3.78. The van der Waals surface area contributed by atoms with E-state index in [9.17, 15) is 4.79 Å². The van der Waals surface area contributed by atoms with E-state index in [1.54, 1.807) is 17.5 Å². The minimum absolute atomic E-state index is 0.00175. The van der Waals surface area contributed by atoms with Gasteiger partial charge in [0.1, 0.15) is 5.82 Å². The molecule has 0 aliphatic heterocycles. The molecule has 20 heavy (non-hydrogen) atoms. The monoisotopic (exact) mass is 285 g/mol. The first-order valence-corrected chi connectivity index (χ1v) is 7.45. The normalized spacial score (nSPS) is 10.8. The lowest BCUT2D eigenvalue weighted by molar-refractivity contribution is 0.0955. The van der Waals surface area contributed by atoms with E-state index in [2.05, 4.69) is 15.3 Å². The fraction of sp³-hybridized carbons (Fsp3) is 0.200. The van der Waals surface area contributed by atoms with Crippen molar-refractivity contribution in [1.82, 2.24) is 15.3 Å². The van der Waals surface area contributed by atoms with Crippen molar-refractivity contribution in [3.63, 3.8) is 0 Å². The molecule has 2 aromatic heterocycles. The summed E-state index contributed by atoms with van der Waals surface area (Å²) in [4.78, 5) is 19.4. The number of carbonyl (C=O) groups excluding carboxylic acids is 1. The molecule has 1 amide bonds. The molecule has 3 aromatic rings. The number of aromatic nitrogens is 2. The van der Waals surface area contributed by atoms with E-state index in [4.69, 9.17) is 0 Å². The summed E-state index contributed by atoms with van der Waals surface area (Å²) in [6.45, 7) is 0.656. The van der Waals surface area contributed by atoms with Gasteiger partial charge in [0.05, 0.1) is 5.56 Å². The van der Waals surface area contributed by atoms with Gasteiger partial charge in [0.25, 0.3) is 5.91 Å². The van der Waals surface area contributed by atoms with Gasteiger partial charge in [-0.15, -0.1) is 11.3 Å². The summed E-state index contributed by atoms with van der Waals surface area (Å²) in [5.41, 5.74) is 0.767. The van der Waals surface area contributed by atoms with Crippen LogP contribution in [0.4, 0.5) is 0 Å². The molecule has 2 N–H and O–H groups in total. The van der Waals surface area contributed by atoms with Crippen molar-refractivity contribution in [2.24, 2.45) is 0 Å². The second kappa shape index (κ2) is 5.88. The highest BCUT2D eigenvalue weighted by atomic mass is 32.1. The molecule has 0 bridgehead atoms. The molecule has 0 aliphatic rings. The van der Waals surface area contributed by atoms with Gasteiger partial charge in [0.2, 0.25) is 0 Å². The first kappa shape index (κ1) is 12.9. The zero-order valence-electron chi connectivity index (χ0n) is 10.9. The van der Waals surface area contributed by atoms with Crippen molar-refractivity contribution in [3.05, 3.63) is 53.4 Å². The van der Waals surface area contributed by atoms with Gasteiger partial charge < -0.3 is 10.3 Å². The summed E-state index contributed by atoms with van der Waals surface area (Å²) in [7, 11) is 0. The van der Waals surface area contributed by atoms with Crippen molar-refractivity contribution in [3.8, 4) is 0 Å². The molecule has 0 spiro atoms. The number of aromatic amines is 1. The third-order valence-electron chi connectivity index (χ3n) is 3.16. The number of amides is 1. The minimum atomic E-state index is 0.00175. The van der Waals surface area contributed by atoms with Gasteiger partial charge in [-0.2, -0.15) is 0 Å². The summed E-state index contributed by atoms with van der Waals surface area (Å²) in [5.74, 6) is 0.960. The van der Waals surface area contributed by atoms with Crippen molar-refractivity contribution >= 4 is 27.3 Å². The molecule has 5 heteroatoms. The minimum Gasteiger partial charge on any atom is -0.352 e. The lowest BCUT2D eigenvalue weighted by atomic mass is 10.1. The van der Waals surface area contributed by atoms with Gasteiger partial charge in [-0.1, -0.05) is 18.2 Å². The average molecular weight is 285 g/mol. The number of hydrogen-bond acceptors (Lipinski definition) is 3. The van der Waals surface area contributed by atoms with E-state index in [-0.39, 0.29) is 5.91 Å². The van der Waals surface area contributed by atoms with Crippen LogP contribution >= 0.6 is 11.3 Å². The number of aryl methyl sites for hydroxylation is 1. The molecule has 0 aliphatic carbocycles. The number of thiophene rings is 1. The van der Waals surface area contributed by atoms with Crippen LogP contribution in [0.25, 0.3) is 10.1 Å². The highest BCUT2D eigenvalue weighted by Crippen LogP contribution is 2.25. The fourth-order valence-corrected chi connectivity index (χ4v) is 3.08. The van der Waals surface area contributed by atoms with Gasteiger partial charge in [0.15, 0.2) is 0 Å². The summed E-state index contributed by atoms with van der Waals surface area (Å²) in [6, 6.07) is 7.98. The van der Waals surface area contributed by atoms with E-state index >= 15 is 0 Å². The number of nitrogens with zero attached hydrogens (tertiary/aromatic N) is 1. The predicted molar refractivity (Wildman–Crippen MR) is 81.1 cm³/mol. The van der Waals surface area contributed by atoms with E-state index in [1.807, 2.05) is 35.8 Å². The SMILES string of the molecule is O=C(NCCCc1ncc[nH]1)c1csc2ccccc12. The van der Waals surface area contributed by atoms with Gasteiger partial charge in [0, 0.05) is 40.8 Å². The maximum atomic E-state index is 12.2. The standard InChI is InChI=1S/C15H15N3OS/c19-15(18-7-3-6-14-16-8-9-17-14)12-10-20-13-5-2-1-4-11(12)13/h1-2,4-5,8-10H,3,6-7H2,(H,16,17)(H,18,19). The van der Waals surface area contributed by atoms with Crippen molar-refractivity contribution in [1.29, 1.82) is 0 Å². The summed E-state index contributed by atoms with van der Waals surface area (Å²) >= 11 is 1.60. The zero-order chi connectivity index (χ0) is 13.8. The largest absolute Gasteiger partial charge is 0.352 e. The number of imidazole rings is 1. The van der Waals surface area contributed by atoms with Crippen LogP contribution in [0.2, 0.25) is 0 Å². The Morgan fingerprint density at radius 2 is 2.25 bits per heavy atom. The molecule has 0 radical (unpaired) electrons. The lowest BCUT2D eigenvalue weighted by Crippen LogP contribution is -2.24. The smallest absolute Gasteiger partial charge is 0.252 e. The molecular weight excluding hydrogens is 270 g/mol. The Bertz CT molecular complexity index is 703. The van der Waals surface area contributed by atoms with Crippen LogP contribution in [0.15, 0.2) is 42.0 Å². The molecule has 1 aromatic carbocycles. The van der Waals surface area contributed by atoms with Crippen molar-refractivity contribution in [2.75, 3.05) is 6.54 Å². The number of benzene rings is 1. The average Bonchev–Trinajstić information content (AvgIpc) is 3.12. The molecule has 4 nitrogen and oxygen atoms in total. The Balaban J connectivity index is 1.56. The van der Waals surface area contributed by atoms with Crippen LogP contribution in [0.1, 0.15) is 22.6 Å². The van der Waals surface area contributed by atoms with Crippen LogP contribution < -0.4 is 5.32 Å². The van der Waals surface area contributed by atoms with Crippen molar-refractivity contribution in [2.45, 2.75) is 12.8 Å². The summed E-state index contributed by atoms with van der Waals surface area (Å²) < 4.78 is 1.15. The Morgan fingerprint density at radius 3 is 3.10 bits per heavy atom. The molecular formula is C15H15N3OS. The number of nitrogens with one attached hydrogen (secondary N) is 2. The molecule has 0 saturated carbocycles. The maximum Gasteiger partial charge on any atom is 0.252 e. The first-order valence-electron chi connectivity index (χ1n) is 6.57. The third kappa shape index (κ3) is 2.72. The van der Waals surface area contributed by atoms with Crippen LogP contribution in [-0.4, -0.2) is 22.4 Å². The van der Waals surface area contributed by atoms with Gasteiger partial charge in [-0.05, 0) is 12.5 Å². The molecule has 2 heterocycles. The summed E-state index contributed by atoms with van der Waals surface area (Å²) in [6.07, 6.45) is 5.27. The molecule has 0 atom stereocenters. The quantitative estimate of drug-likeness (QED) is 0.708. The number of carbonyl (C=O) groups is 1. The zero-order valence-corrected chi connectivity index (χ0v) is 11.7. The molecule has 0 fully saturated rings. The van der Waals surface area contributed by atoms with E-state index in [0.29, 0.717) is 6.54 Å². The van der Waals surface area contributed by atoms with Gasteiger partial charge >= 0.3 is 0 Å². The molecule has 0 unspecified atom stereocenters. The van der Waals surface area contributed by atoms with Crippen LogP contribution in [0.5, 0.6) is 0 Å². The fourth-order valence-electron chi connectivity index (χ4n) is 2.14. The first-order chi connectivity index (χ1) is 9.84.